The molecule has 3 aromatic carbocycles. The van der Waals surface area contributed by atoms with E-state index in [1.807, 2.05) is 0 Å². The first-order valence-corrected chi connectivity index (χ1v) is 8.71. The Labute approximate surface area is 171 Å². The lowest BCUT2D eigenvalue weighted by atomic mass is 10.1. The largest absolute Gasteiger partial charge is 0.493 e. The Hall–Kier alpha value is -4.20. The molecule has 0 atom stereocenters. The topological polar surface area (TPSA) is 112 Å². The highest BCUT2D eigenvalue weighted by molar-refractivity contribution is 6.02. The smallest absolute Gasteiger partial charge is 0.336 e. The van der Waals surface area contributed by atoms with Gasteiger partial charge in [0.15, 0.2) is 34.5 Å². The fraction of sp³-hybridized carbons (Fsp3) is 0.0909. The van der Waals surface area contributed by atoms with Gasteiger partial charge in [0.2, 0.25) is 0 Å². The Morgan fingerprint density at radius 3 is 1.23 bits per heavy atom. The van der Waals surface area contributed by atoms with E-state index in [4.69, 9.17) is 18.9 Å². The van der Waals surface area contributed by atoms with Crippen LogP contribution >= 0.6 is 0 Å². The zero-order valence-electron chi connectivity index (χ0n) is 16.1. The highest BCUT2D eigenvalue weighted by atomic mass is 16.5. The van der Waals surface area contributed by atoms with E-state index in [-0.39, 0.29) is 11.5 Å². The number of benzene rings is 3. The van der Waals surface area contributed by atoms with Crippen LogP contribution < -0.4 is 18.9 Å². The SMILES string of the molecule is COc1ccccc1Oc1cc(C(=O)O)c(C(=O)O)cc1Oc1ccccc1OC. The lowest BCUT2D eigenvalue weighted by molar-refractivity contribution is 0.0651. The molecule has 3 rings (SSSR count). The van der Waals surface area contributed by atoms with Gasteiger partial charge in [0.1, 0.15) is 0 Å². The zero-order chi connectivity index (χ0) is 21.7. The molecule has 0 aliphatic rings. The predicted molar refractivity (Wildman–Crippen MR) is 106 cm³/mol. The standard InChI is InChI=1S/C22H18O8/c1-27-15-7-3-5-9-17(15)29-19-11-13(21(23)24)14(22(25)26)12-20(19)30-18-10-6-4-8-16(18)28-2/h3-12H,1-2H3,(H,23,24)(H,25,26). The minimum atomic E-state index is -1.42. The maximum atomic E-state index is 11.6. The Balaban J connectivity index is 2.16. The Bertz CT molecular complexity index is 1000. The molecule has 30 heavy (non-hydrogen) atoms. The van der Waals surface area contributed by atoms with Crippen LogP contribution in [0.1, 0.15) is 20.7 Å². The number of carbonyl (C=O) groups is 2. The van der Waals surface area contributed by atoms with Crippen LogP contribution in [-0.4, -0.2) is 36.4 Å². The van der Waals surface area contributed by atoms with Crippen LogP contribution in [-0.2, 0) is 0 Å². The fourth-order valence-electron chi connectivity index (χ4n) is 2.72. The first-order valence-electron chi connectivity index (χ1n) is 8.71. The van der Waals surface area contributed by atoms with Gasteiger partial charge >= 0.3 is 11.9 Å². The Kier molecular flexibility index (Phi) is 6.07. The van der Waals surface area contributed by atoms with Crippen LogP contribution in [0.25, 0.3) is 0 Å². The van der Waals surface area contributed by atoms with E-state index in [1.165, 1.54) is 14.2 Å². The molecule has 8 heteroatoms. The molecule has 0 saturated heterocycles. The number of hydrogen-bond acceptors (Lipinski definition) is 6. The molecule has 8 nitrogen and oxygen atoms in total. The van der Waals surface area contributed by atoms with Crippen molar-refractivity contribution in [2.24, 2.45) is 0 Å². The lowest BCUT2D eigenvalue weighted by Crippen LogP contribution is -2.09. The number of methoxy groups -OCH3 is 2. The number of para-hydroxylation sites is 4. The van der Waals surface area contributed by atoms with Crippen molar-refractivity contribution < 1.29 is 38.7 Å². The average Bonchev–Trinajstić information content (AvgIpc) is 2.75. The van der Waals surface area contributed by atoms with Crippen LogP contribution in [0.4, 0.5) is 0 Å². The molecule has 0 aromatic heterocycles. The fourth-order valence-corrected chi connectivity index (χ4v) is 2.72. The van der Waals surface area contributed by atoms with Gasteiger partial charge in [-0.2, -0.15) is 0 Å². The molecule has 0 amide bonds. The second kappa shape index (κ2) is 8.87. The molecule has 0 radical (unpaired) electrons. The second-order valence-electron chi connectivity index (χ2n) is 5.96. The van der Waals surface area contributed by atoms with Gasteiger partial charge in [0.25, 0.3) is 0 Å². The highest BCUT2D eigenvalue weighted by Gasteiger charge is 2.23. The van der Waals surface area contributed by atoms with E-state index in [1.54, 1.807) is 48.5 Å². The van der Waals surface area contributed by atoms with E-state index >= 15 is 0 Å². The third kappa shape index (κ3) is 4.27. The summed E-state index contributed by atoms with van der Waals surface area (Å²) in [6, 6.07) is 15.7. The normalized spacial score (nSPS) is 10.2. The van der Waals surface area contributed by atoms with Gasteiger partial charge in [0.05, 0.1) is 25.3 Å². The van der Waals surface area contributed by atoms with E-state index in [9.17, 15) is 19.8 Å². The number of carboxylic acid groups (broad SMARTS) is 2. The summed E-state index contributed by atoms with van der Waals surface area (Å²) >= 11 is 0. The molecular formula is C22H18O8. The molecule has 154 valence electrons. The van der Waals surface area contributed by atoms with Crippen LogP contribution in [0.5, 0.6) is 34.5 Å². The Morgan fingerprint density at radius 2 is 0.933 bits per heavy atom. The number of rotatable bonds is 8. The van der Waals surface area contributed by atoms with E-state index in [0.29, 0.717) is 23.0 Å². The van der Waals surface area contributed by atoms with Gasteiger partial charge in [-0.05, 0) is 24.3 Å². The van der Waals surface area contributed by atoms with Gasteiger partial charge < -0.3 is 29.2 Å². The monoisotopic (exact) mass is 410 g/mol. The quantitative estimate of drug-likeness (QED) is 0.550. The zero-order valence-corrected chi connectivity index (χ0v) is 16.1. The summed E-state index contributed by atoms with van der Waals surface area (Å²) in [5, 5.41) is 18.9. The number of hydrogen-bond donors (Lipinski definition) is 2. The minimum Gasteiger partial charge on any atom is -0.493 e. The van der Waals surface area contributed by atoms with E-state index in [0.717, 1.165) is 12.1 Å². The van der Waals surface area contributed by atoms with Gasteiger partial charge in [-0.3, -0.25) is 0 Å². The van der Waals surface area contributed by atoms with Crippen molar-refractivity contribution in [1.82, 2.24) is 0 Å². The minimum absolute atomic E-state index is 0.00666. The van der Waals surface area contributed by atoms with Gasteiger partial charge in [0, 0.05) is 12.1 Å². The van der Waals surface area contributed by atoms with Gasteiger partial charge in [-0.25, -0.2) is 9.59 Å². The summed E-state index contributed by atoms with van der Waals surface area (Å²) in [5.74, 6) is -1.45. The molecule has 0 bridgehead atoms. The maximum absolute atomic E-state index is 11.6. The van der Waals surface area contributed by atoms with Crippen molar-refractivity contribution in [2.75, 3.05) is 14.2 Å². The molecule has 0 fully saturated rings. The number of ether oxygens (including phenoxy) is 4. The molecule has 3 aromatic rings. The number of carboxylic acids is 2. The van der Waals surface area contributed by atoms with Crippen molar-refractivity contribution in [1.29, 1.82) is 0 Å². The third-order valence-corrected chi connectivity index (χ3v) is 4.12. The number of aromatic carboxylic acids is 2. The molecule has 0 aliphatic heterocycles. The maximum Gasteiger partial charge on any atom is 0.336 e. The predicted octanol–water partition coefficient (Wildman–Crippen LogP) is 4.68. The molecule has 2 N–H and O–H groups in total. The van der Waals surface area contributed by atoms with E-state index < -0.39 is 23.1 Å². The van der Waals surface area contributed by atoms with Crippen LogP contribution in [0, 0.1) is 0 Å². The van der Waals surface area contributed by atoms with Crippen LogP contribution in [0.2, 0.25) is 0 Å². The van der Waals surface area contributed by atoms with Crippen molar-refractivity contribution in [3.05, 3.63) is 71.8 Å². The average molecular weight is 410 g/mol. The molecule has 0 saturated carbocycles. The highest BCUT2D eigenvalue weighted by Crippen LogP contribution is 2.41. The summed E-state index contributed by atoms with van der Waals surface area (Å²) < 4.78 is 22.2. The first-order chi connectivity index (χ1) is 14.4. The van der Waals surface area contributed by atoms with Crippen molar-refractivity contribution in [2.45, 2.75) is 0 Å². The summed E-state index contributed by atoms with van der Waals surface area (Å²) in [6.07, 6.45) is 0. The Morgan fingerprint density at radius 1 is 0.600 bits per heavy atom. The molecule has 0 heterocycles. The molecule has 0 unspecified atom stereocenters. The molecule has 0 spiro atoms. The summed E-state index contributed by atoms with van der Waals surface area (Å²) in [6.45, 7) is 0. The third-order valence-electron chi connectivity index (χ3n) is 4.12. The van der Waals surface area contributed by atoms with Crippen molar-refractivity contribution >= 4 is 11.9 Å². The summed E-state index contributed by atoms with van der Waals surface area (Å²) in [7, 11) is 2.93. The van der Waals surface area contributed by atoms with Crippen molar-refractivity contribution in [3.8, 4) is 34.5 Å². The van der Waals surface area contributed by atoms with Crippen LogP contribution in [0.15, 0.2) is 60.7 Å². The lowest BCUT2D eigenvalue weighted by Gasteiger charge is -2.17. The summed E-state index contributed by atoms with van der Waals surface area (Å²) in [4.78, 5) is 23.2. The van der Waals surface area contributed by atoms with Crippen LogP contribution in [0.3, 0.4) is 0 Å². The second-order valence-corrected chi connectivity index (χ2v) is 5.96. The summed E-state index contributed by atoms with van der Waals surface area (Å²) in [5.41, 5.74) is -0.889. The first kappa shape index (κ1) is 20.5. The molecule has 0 aliphatic carbocycles. The van der Waals surface area contributed by atoms with Crippen molar-refractivity contribution in [3.63, 3.8) is 0 Å². The van der Waals surface area contributed by atoms with E-state index in [2.05, 4.69) is 0 Å². The molecular weight excluding hydrogens is 392 g/mol. The van der Waals surface area contributed by atoms with Gasteiger partial charge in [-0.15, -0.1) is 0 Å². The van der Waals surface area contributed by atoms with Gasteiger partial charge in [-0.1, -0.05) is 24.3 Å².